The van der Waals surface area contributed by atoms with Gasteiger partial charge in [-0.2, -0.15) is 0 Å². The second-order valence-electron chi connectivity index (χ2n) is 7.49. The largest absolute Gasteiger partial charge is 0.338 e. The molecule has 142 valence electrons. The van der Waals surface area contributed by atoms with E-state index in [9.17, 15) is 9.59 Å². The standard InChI is InChI=1S/C23H28N2O2/c1-16-10-11-19(13-17(16)2)22(26)20-8-4-5-9-21(20)23(27)25-12-6-7-18(15-25)14-24-3/h4-5,8-11,13,18,24H,6-7,12,14-15H2,1-3H3/t18-/m1/s1. The highest BCUT2D eigenvalue weighted by molar-refractivity contribution is 6.15. The van der Waals surface area contributed by atoms with Gasteiger partial charge in [0.15, 0.2) is 5.78 Å². The van der Waals surface area contributed by atoms with Crippen molar-refractivity contribution >= 4 is 11.7 Å². The molecular formula is C23H28N2O2. The fourth-order valence-electron chi connectivity index (χ4n) is 3.78. The molecule has 1 fully saturated rings. The van der Waals surface area contributed by atoms with Crippen molar-refractivity contribution < 1.29 is 9.59 Å². The maximum absolute atomic E-state index is 13.2. The molecule has 0 bridgehead atoms. The molecule has 1 heterocycles. The fourth-order valence-corrected chi connectivity index (χ4v) is 3.78. The highest BCUT2D eigenvalue weighted by atomic mass is 16.2. The SMILES string of the molecule is CNC[C@H]1CCCN(C(=O)c2ccccc2C(=O)c2ccc(C)c(C)c2)C1. The number of nitrogens with zero attached hydrogens (tertiary/aromatic N) is 1. The maximum Gasteiger partial charge on any atom is 0.254 e. The average Bonchev–Trinajstić information content (AvgIpc) is 2.69. The summed E-state index contributed by atoms with van der Waals surface area (Å²) in [4.78, 5) is 28.2. The summed E-state index contributed by atoms with van der Waals surface area (Å²) in [5.41, 5.74) is 3.85. The predicted octanol–water partition coefficient (Wildman–Crippen LogP) is 3.61. The molecular weight excluding hydrogens is 336 g/mol. The zero-order chi connectivity index (χ0) is 19.4. The summed E-state index contributed by atoms with van der Waals surface area (Å²) < 4.78 is 0. The number of piperidine rings is 1. The van der Waals surface area contributed by atoms with Crippen molar-refractivity contribution in [2.45, 2.75) is 26.7 Å². The van der Waals surface area contributed by atoms with Gasteiger partial charge in [0.2, 0.25) is 0 Å². The minimum atomic E-state index is -0.0918. The summed E-state index contributed by atoms with van der Waals surface area (Å²) in [6.45, 7) is 6.43. The quantitative estimate of drug-likeness (QED) is 0.825. The Morgan fingerprint density at radius 1 is 1.07 bits per heavy atom. The van der Waals surface area contributed by atoms with E-state index in [1.807, 2.05) is 56.1 Å². The van der Waals surface area contributed by atoms with Crippen LogP contribution in [0.4, 0.5) is 0 Å². The fraction of sp³-hybridized carbons (Fsp3) is 0.391. The molecule has 2 aromatic rings. The first-order chi connectivity index (χ1) is 13.0. The van der Waals surface area contributed by atoms with Gasteiger partial charge in [0.05, 0.1) is 5.56 Å². The number of benzene rings is 2. The molecule has 27 heavy (non-hydrogen) atoms. The smallest absolute Gasteiger partial charge is 0.254 e. The van der Waals surface area contributed by atoms with Crippen molar-refractivity contribution in [1.82, 2.24) is 10.2 Å². The van der Waals surface area contributed by atoms with Crippen molar-refractivity contribution in [2.24, 2.45) is 5.92 Å². The van der Waals surface area contributed by atoms with E-state index >= 15 is 0 Å². The Labute approximate surface area is 161 Å². The molecule has 0 unspecified atom stereocenters. The van der Waals surface area contributed by atoms with Crippen molar-refractivity contribution in [3.63, 3.8) is 0 Å². The molecule has 1 aliphatic heterocycles. The molecule has 3 rings (SSSR count). The molecule has 0 spiro atoms. The van der Waals surface area contributed by atoms with E-state index in [-0.39, 0.29) is 11.7 Å². The van der Waals surface area contributed by atoms with Crippen LogP contribution in [0.3, 0.4) is 0 Å². The summed E-state index contributed by atoms with van der Waals surface area (Å²) in [5, 5.41) is 3.21. The second-order valence-corrected chi connectivity index (χ2v) is 7.49. The van der Waals surface area contributed by atoms with Crippen molar-refractivity contribution in [3.8, 4) is 0 Å². The summed E-state index contributed by atoms with van der Waals surface area (Å²) in [6, 6.07) is 12.9. The molecule has 4 nitrogen and oxygen atoms in total. The number of carbonyl (C=O) groups is 2. The normalized spacial score (nSPS) is 17.0. The van der Waals surface area contributed by atoms with Crippen LogP contribution in [-0.2, 0) is 0 Å². The zero-order valence-corrected chi connectivity index (χ0v) is 16.4. The first-order valence-corrected chi connectivity index (χ1v) is 9.66. The van der Waals surface area contributed by atoms with E-state index in [1.54, 1.807) is 12.1 Å². The van der Waals surface area contributed by atoms with Gasteiger partial charge in [-0.1, -0.05) is 30.3 Å². The van der Waals surface area contributed by atoms with Crippen molar-refractivity contribution in [1.29, 1.82) is 0 Å². The second kappa shape index (κ2) is 8.49. The third kappa shape index (κ3) is 4.28. The third-order valence-electron chi connectivity index (χ3n) is 5.47. The molecule has 4 heteroatoms. The van der Waals surface area contributed by atoms with E-state index in [1.165, 1.54) is 0 Å². The highest BCUT2D eigenvalue weighted by Crippen LogP contribution is 2.22. The van der Waals surface area contributed by atoms with E-state index < -0.39 is 0 Å². The number of nitrogens with one attached hydrogen (secondary N) is 1. The molecule has 0 saturated carbocycles. The molecule has 1 N–H and O–H groups in total. The van der Waals surface area contributed by atoms with Gasteiger partial charge >= 0.3 is 0 Å². The molecule has 1 amide bonds. The molecule has 0 aromatic heterocycles. The Balaban J connectivity index is 1.88. The van der Waals surface area contributed by atoms with Gasteiger partial charge in [0.1, 0.15) is 0 Å². The van der Waals surface area contributed by atoms with Crippen LogP contribution in [0.1, 0.15) is 50.2 Å². The Kier molecular flexibility index (Phi) is 6.07. The molecule has 0 radical (unpaired) electrons. The van der Waals surface area contributed by atoms with E-state index in [0.717, 1.165) is 43.6 Å². The van der Waals surface area contributed by atoms with Crippen LogP contribution in [-0.4, -0.2) is 43.3 Å². The topological polar surface area (TPSA) is 49.4 Å². The number of aryl methyl sites for hydroxylation is 2. The number of likely N-dealkylation sites (tertiary alicyclic amines) is 1. The predicted molar refractivity (Wildman–Crippen MR) is 108 cm³/mol. The van der Waals surface area contributed by atoms with Crippen LogP contribution in [0.2, 0.25) is 0 Å². The Morgan fingerprint density at radius 2 is 1.81 bits per heavy atom. The van der Waals surface area contributed by atoms with Gasteiger partial charge in [-0.25, -0.2) is 0 Å². The molecule has 0 aliphatic carbocycles. The van der Waals surface area contributed by atoms with Crippen LogP contribution < -0.4 is 5.32 Å². The van der Waals surface area contributed by atoms with Crippen LogP contribution in [0, 0.1) is 19.8 Å². The van der Waals surface area contributed by atoms with Gasteiger partial charge < -0.3 is 10.2 Å². The van der Waals surface area contributed by atoms with Gasteiger partial charge in [-0.15, -0.1) is 0 Å². The molecule has 1 saturated heterocycles. The lowest BCUT2D eigenvalue weighted by Gasteiger charge is -2.33. The van der Waals surface area contributed by atoms with Crippen molar-refractivity contribution in [3.05, 3.63) is 70.3 Å². The zero-order valence-electron chi connectivity index (χ0n) is 16.4. The highest BCUT2D eigenvalue weighted by Gasteiger charge is 2.27. The summed E-state index contributed by atoms with van der Waals surface area (Å²) in [5.74, 6) is 0.338. The van der Waals surface area contributed by atoms with E-state index in [4.69, 9.17) is 0 Å². The third-order valence-corrected chi connectivity index (χ3v) is 5.47. The Morgan fingerprint density at radius 3 is 2.52 bits per heavy atom. The number of hydrogen-bond acceptors (Lipinski definition) is 3. The van der Waals surface area contributed by atoms with Crippen LogP contribution in [0.15, 0.2) is 42.5 Å². The number of rotatable bonds is 5. The average molecular weight is 364 g/mol. The van der Waals surface area contributed by atoms with Gasteiger partial charge in [0, 0.05) is 24.2 Å². The van der Waals surface area contributed by atoms with E-state index in [0.29, 0.717) is 22.6 Å². The number of ketones is 1. The number of hydrogen-bond donors (Lipinski definition) is 1. The minimum Gasteiger partial charge on any atom is -0.338 e. The molecule has 1 atom stereocenters. The monoisotopic (exact) mass is 364 g/mol. The lowest BCUT2D eigenvalue weighted by atomic mass is 9.94. The maximum atomic E-state index is 13.2. The molecule has 2 aromatic carbocycles. The first-order valence-electron chi connectivity index (χ1n) is 9.66. The number of carbonyl (C=O) groups excluding carboxylic acids is 2. The van der Waals surface area contributed by atoms with Crippen LogP contribution >= 0.6 is 0 Å². The number of amides is 1. The van der Waals surface area contributed by atoms with Crippen LogP contribution in [0.25, 0.3) is 0 Å². The molecule has 1 aliphatic rings. The lowest BCUT2D eigenvalue weighted by molar-refractivity contribution is 0.0671. The van der Waals surface area contributed by atoms with Gasteiger partial charge in [0.25, 0.3) is 5.91 Å². The Bertz CT molecular complexity index is 842. The van der Waals surface area contributed by atoms with Crippen LogP contribution in [0.5, 0.6) is 0 Å². The lowest BCUT2D eigenvalue weighted by Crippen LogP contribution is -2.42. The minimum absolute atomic E-state index is 0.0383. The summed E-state index contributed by atoms with van der Waals surface area (Å²) in [7, 11) is 1.94. The summed E-state index contributed by atoms with van der Waals surface area (Å²) in [6.07, 6.45) is 2.14. The first kappa shape index (κ1) is 19.3. The van der Waals surface area contributed by atoms with Gasteiger partial charge in [-0.3, -0.25) is 9.59 Å². The van der Waals surface area contributed by atoms with Crippen molar-refractivity contribution in [2.75, 3.05) is 26.7 Å². The van der Waals surface area contributed by atoms with E-state index in [2.05, 4.69) is 5.32 Å². The summed E-state index contributed by atoms with van der Waals surface area (Å²) >= 11 is 0. The van der Waals surface area contributed by atoms with Gasteiger partial charge in [-0.05, 0) is 69.5 Å². The Hall–Kier alpha value is -2.46.